The van der Waals surface area contributed by atoms with Crippen molar-refractivity contribution in [1.82, 2.24) is 15.1 Å². The minimum atomic E-state index is -0.928. The maximum absolute atomic E-state index is 16.9. The highest BCUT2D eigenvalue weighted by atomic mass is 35.5. The predicted molar refractivity (Wildman–Crippen MR) is 158 cm³/mol. The predicted octanol–water partition coefficient (Wildman–Crippen LogP) is 4.69. The maximum atomic E-state index is 16.9. The van der Waals surface area contributed by atoms with Crippen molar-refractivity contribution in [1.29, 1.82) is 5.26 Å². The Labute approximate surface area is 254 Å². The zero-order valence-corrected chi connectivity index (χ0v) is 25.0. The molecule has 3 N–H and O–H groups in total. The molecule has 4 aliphatic heterocycles. The molecule has 0 amide bonds. The summed E-state index contributed by atoms with van der Waals surface area (Å²) < 4.78 is 58.8. The molecule has 43 heavy (non-hydrogen) atoms. The number of thiophene rings is 1. The van der Waals surface area contributed by atoms with Gasteiger partial charge in [0.25, 0.3) is 0 Å². The molecule has 2 fully saturated rings. The number of nitrogens with one attached hydrogen (secondary N) is 1. The molecule has 0 aliphatic carbocycles. The first kappa shape index (κ1) is 28.1. The third-order valence-electron chi connectivity index (χ3n) is 8.74. The summed E-state index contributed by atoms with van der Waals surface area (Å²) in [6.07, 6.45) is 2.85. The highest BCUT2D eigenvalue weighted by Gasteiger charge is 2.49. The van der Waals surface area contributed by atoms with Crippen LogP contribution in [0, 0.1) is 23.0 Å². The third kappa shape index (κ3) is 4.24. The molecule has 0 unspecified atom stereocenters. The van der Waals surface area contributed by atoms with Crippen LogP contribution >= 0.6 is 22.9 Å². The molecule has 8 nitrogen and oxygen atoms in total. The minimum absolute atomic E-state index is 0.00563. The van der Waals surface area contributed by atoms with E-state index in [2.05, 4.69) is 15.2 Å². The van der Waals surface area contributed by atoms with Crippen LogP contribution in [0.25, 0.3) is 27.0 Å². The van der Waals surface area contributed by atoms with E-state index in [1.54, 1.807) is 6.20 Å². The molecular weight excluding hydrogens is 601 g/mol. The molecule has 0 bridgehead atoms. The lowest BCUT2D eigenvalue weighted by atomic mass is 9.95. The van der Waals surface area contributed by atoms with Crippen LogP contribution in [0.5, 0.6) is 5.75 Å². The molecule has 3 aromatic rings. The van der Waals surface area contributed by atoms with E-state index in [9.17, 15) is 14.0 Å². The second-order valence-corrected chi connectivity index (χ2v) is 13.0. The number of nitrogen functional groups attached to an aromatic ring is 1. The molecule has 1 aromatic heterocycles. The van der Waals surface area contributed by atoms with Crippen molar-refractivity contribution in [3.63, 3.8) is 0 Å². The molecule has 2 aromatic carbocycles. The lowest BCUT2D eigenvalue weighted by Gasteiger charge is -2.32. The van der Waals surface area contributed by atoms with Crippen molar-refractivity contribution in [2.24, 2.45) is 4.99 Å². The van der Waals surface area contributed by atoms with Crippen molar-refractivity contribution >= 4 is 43.8 Å². The summed E-state index contributed by atoms with van der Waals surface area (Å²) in [6.45, 7) is 5.44. The summed E-state index contributed by atoms with van der Waals surface area (Å²) in [5.74, 6) is -1.01. The molecule has 224 valence electrons. The zero-order chi connectivity index (χ0) is 30.2. The van der Waals surface area contributed by atoms with E-state index in [-0.39, 0.29) is 73.2 Å². The zero-order valence-electron chi connectivity index (χ0n) is 23.4. The summed E-state index contributed by atoms with van der Waals surface area (Å²) >= 11 is 7.84. The number of hydrogen-bond acceptors (Lipinski definition) is 9. The van der Waals surface area contributed by atoms with Gasteiger partial charge in [-0.3, -0.25) is 9.89 Å². The number of alkyl halides is 1. The van der Waals surface area contributed by atoms with E-state index in [1.165, 1.54) is 12.1 Å². The van der Waals surface area contributed by atoms with Crippen LogP contribution in [-0.4, -0.2) is 53.9 Å². The smallest absolute Gasteiger partial charge is 0.302 e. The van der Waals surface area contributed by atoms with E-state index < -0.39 is 23.3 Å². The Morgan fingerprint density at radius 1 is 1.37 bits per heavy atom. The van der Waals surface area contributed by atoms with Crippen molar-refractivity contribution in [2.45, 2.75) is 50.9 Å². The van der Waals surface area contributed by atoms with Crippen LogP contribution in [-0.2, 0) is 4.74 Å². The van der Waals surface area contributed by atoms with Crippen LogP contribution in [0.2, 0.25) is 5.02 Å². The van der Waals surface area contributed by atoms with Crippen LogP contribution in [0.3, 0.4) is 0 Å². The number of anilines is 1. The standard InChI is InChI=1S/C30H28ClF3N6O2S/c1-14(2)40-11-19(41-12-30-6-3-7-39(30)10-15(32)8-30)42-26-22-25(37-13-38-29(22)40)23(31)21(24(26)34)16-4-5-18(33)27-20(16)17(9-35)28(36)43-27/h4-5,11,14-15,38H,3,6-8,10,12-13,36H2,1-2H3/t15-,30+/m1/s1. The highest BCUT2D eigenvalue weighted by Crippen LogP contribution is 2.45. The third-order valence-corrected chi connectivity index (χ3v) is 10.1. The molecular formula is C30H28ClF3N6O2S. The Hall–Kier alpha value is -3.66. The first-order chi connectivity index (χ1) is 20.6. The van der Waals surface area contributed by atoms with E-state index in [0.29, 0.717) is 24.0 Å². The van der Waals surface area contributed by atoms with Gasteiger partial charge in [-0.25, -0.2) is 13.2 Å². The molecule has 13 heteroatoms. The summed E-state index contributed by atoms with van der Waals surface area (Å²) in [6, 6.07) is 4.49. The van der Waals surface area contributed by atoms with Crippen LogP contribution in [0.15, 0.2) is 29.3 Å². The average molecular weight is 629 g/mol. The van der Waals surface area contributed by atoms with Gasteiger partial charge in [-0.05, 0) is 44.9 Å². The Bertz CT molecular complexity index is 1890. The molecule has 0 saturated carbocycles. The lowest BCUT2D eigenvalue weighted by Crippen LogP contribution is -2.46. The van der Waals surface area contributed by atoms with Gasteiger partial charge >= 0.3 is 5.95 Å². The van der Waals surface area contributed by atoms with Gasteiger partial charge in [0.05, 0.1) is 37.6 Å². The number of halogens is 4. The number of benzene rings is 2. The fourth-order valence-corrected chi connectivity index (χ4v) is 8.09. The Morgan fingerprint density at radius 2 is 2.19 bits per heavy atom. The number of nitriles is 1. The van der Waals surface area contributed by atoms with Crippen molar-refractivity contribution in [3.8, 4) is 22.9 Å². The number of nitrogens with zero attached hydrogens (tertiary/aromatic N) is 4. The molecule has 0 spiro atoms. The van der Waals surface area contributed by atoms with Crippen LogP contribution < -0.4 is 26.4 Å². The first-order valence-corrected chi connectivity index (χ1v) is 15.3. The van der Waals surface area contributed by atoms with E-state index in [4.69, 9.17) is 26.8 Å². The normalized spacial score (nSPS) is 22.8. The molecule has 7 rings (SSSR count). The summed E-state index contributed by atoms with van der Waals surface area (Å²) in [7, 11) is 0. The summed E-state index contributed by atoms with van der Waals surface area (Å²) in [5.41, 5.74) is 5.75. The molecule has 2 saturated heterocycles. The highest BCUT2D eigenvalue weighted by molar-refractivity contribution is 7.23. The number of nitrogens with two attached hydrogens (primary N) is 1. The van der Waals surface area contributed by atoms with Gasteiger partial charge < -0.3 is 25.4 Å². The van der Waals surface area contributed by atoms with Gasteiger partial charge in [0.2, 0.25) is 0 Å². The lowest BCUT2D eigenvalue weighted by molar-refractivity contribution is 0.0253. The van der Waals surface area contributed by atoms with Crippen molar-refractivity contribution in [3.05, 3.63) is 57.1 Å². The molecule has 2 atom stereocenters. The molecule has 0 radical (unpaired) electrons. The minimum Gasteiger partial charge on any atom is -0.462 e. The SMILES string of the molecule is CC(C)N1C=C(OC[C@@]23CCCN2C[C@H](F)C3)Oc2c(F)c(-c3ccc(F)c4sc(N)c(C#N)c34)c(Cl)c3c2=C1NCN=3. The second kappa shape index (κ2) is 10.2. The first-order valence-electron chi connectivity index (χ1n) is 14.1. The number of rotatable bonds is 5. The Kier molecular flexibility index (Phi) is 6.68. The van der Waals surface area contributed by atoms with Crippen LogP contribution in [0.4, 0.5) is 18.2 Å². The topological polar surface area (TPSA) is 99.1 Å². The number of hydrogen-bond donors (Lipinski definition) is 2. The van der Waals surface area contributed by atoms with Crippen molar-refractivity contribution in [2.75, 3.05) is 32.1 Å². The fourth-order valence-electron chi connectivity index (χ4n) is 6.80. The van der Waals surface area contributed by atoms with Gasteiger partial charge in [0.1, 0.15) is 42.2 Å². The van der Waals surface area contributed by atoms with Gasteiger partial charge in [0.15, 0.2) is 11.6 Å². The summed E-state index contributed by atoms with van der Waals surface area (Å²) in [5, 5.41) is 14.0. The largest absolute Gasteiger partial charge is 0.462 e. The molecule has 5 heterocycles. The van der Waals surface area contributed by atoms with E-state index in [1.807, 2.05) is 24.8 Å². The fraction of sp³-hybridized carbons (Fsp3) is 0.400. The average Bonchev–Trinajstić information content (AvgIpc) is 3.57. The van der Waals surface area contributed by atoms with E-state index in [0.717, 1.165) is 30.7 Å². The number of fused-ring (bicyclic) bond motifs is 2. The van der Waals surface area contributed by atoms with Crippen LogP contribution in [0.1, 0.15) is 38.7 Å². The van der Waals surface area contributed by atoms with E-state index >= 15 is 4.39 Å². The Morgan fingerprint density at radius 3 is 2.95 bits per heavy atom. The quantitative estimate of drug-likeness (QED) is 0.423. The number of ether oxygens (including phenoxy) is 2. The molecule has 4 aliphatic rings. The van der Waals surface area contributed by atoms with Gasteiger partial charge in [-0.15, -0.1) is 11.3 Å². The van der Waals surface area contributed by atoms with Gasteiger partial charge in [-0.1, -0.05) is 17.7 Å². The van der Waals surface area contributed by atoms with Gasteiger partial charge in [0, 0.05) is 30.0 Å². The Balaban J connectivity index is 1.42. The van der Waals surface area contributed by atoms with Gasteiger partial charge in [-0.2, -0.15) is 5.26 Å². The summed E-state index contributed by atoms with van der Waals surface area (Å²) in [4.78, 5) is 8.57. The maximum Gasteiger partial charge on any atom is 0.302 e. The second-order valence-electron chi connectivity index (χ2n) is 11.6. The monoisotopic (exact) mass is 628 g/mol. The van der Waals surface area contributed by atoms with Crippen molar-refractivity contribution < 1.29 is 22.6 Å².